The van der Waals surface area contributed by atoms with Gasteiger partial charge in [0.25, 0.3) is 0 Å². The van der Waals surface area contributed by atoms with Gasteiger partial charge in [-0.15, -0.1) is 0 Å². The molecule has 0 aromatic heterocycles. The van der Waals surface area contributed by atoms with Gasteiger partial charge >= 0.3 is 0 Å². The van der Waals surface area contributed by atoms with Crippen molar-refractivity contribution in [3.63, 3.8) is 0 Å². The molecule has 5 nitrogen and oxygen atoms in total. The van der Waals surface area contributed by atoms with Crippen molar-refractivity contribution in [2.24, 2.45) is 0 Å². The van der Waals surface area contributed by atoms with Gasteiger partial charge in [-0.25, -0.2) is 0 Å². The van der Waals surface area contributed by atoms with Crippen molar-refractivity contribution < 1.29 is 24.1 Å². The maximum absolute atomic E-state index is 10.3. The first-order valence-corrected chi connectivity index (χ1v) is 9.80. The van der Waals surface area contributed by atoms with Crippen LogP contribution in [-0.2, 0) is 12.8 Å². The molecule has 2 aromatic rings. The topological polar surface area (TPSA) is 57.2 Å². The number of hydrogen-bond acceptors (Lipinski definition) is 5. The second-order valence-electron chi connectivity index (χ2n) is 7.16. The Labute approximate surface area is 167 Å². The van der Waals surface area contributed by atoms with E-state index in [0.717, 1.165) is 66.5 Å². The molecule has 0 fully saturated rings. The Morgan fingerprint density at radius 2 is 1.50 bits per heavy atom. The van der Waals surface area contributed by atoms with E-state index in [0.29, 0.717) is 17.2 Å². The number of methoxy groups -OCH3 is 4. The van der Waals surface area contributed by atoms with E-state index >= 15 is 0 Å². The molecule has 4 bridgehead atoms. The fourth-order valence-electron chi connectivity index (χ4n) is 3.97. The molecule has 152 valence electrons. The quantitative estimate of drug-likeness (QED) is 0.844. The van der Waals surface area contributed by atoms with E-state index in [4.69, 9.17) is 18.9 Å². The number of hydrogen-bond donors (Lipinski definition) is 1. The Morgan fingerprint density at radius 1 is 0.750 bits per heavy atom. The van der Waals surface area contributed by atoms with Gasteiger partial charge in [0.1, 0.15) is 5.75 Å². The second-order valence-corrected chi connectivity index (χ2v) is 7.16. The van der Waals surface area contributed by atoms with Gasteiger partial charge in [0, 0.05) is 11.1 Å². The minimum Gasteiger partial charge on any atom is -0.496 e. The lowest BCUT2D eigenvalue weighted by Gasteiger charge is -2.21. The number of benzene rings is 2. The van der Waals surface area contributed by atoms with Crippen LogP contribution in [0.15, 0.2) is 24.3 Å². The summed E-state index contributed by atoms with van der Waals surface area (Å²) in [4.78, 5) is 0. The SMILES string of the molecule is COc1ccc2cc1-c1cc(c(OC)c(OC)c1OC)CCCC[C@H](O)CC2. The minimum absolute atomic E-state index is 0.277. The van der Waals surface area contributed by atoms with Crippen LogP contribution in [0.25, 0.3) is 11.1 Å². The van der Waals surface area contributed by atoms with Crippen LogP contribution >= 0.6 is 0 Å². The highest BCUT2D eigenvalue weighted by Crippen LogP contribution is 2.49. The molecule has 1 N–H and O–H groups in total. The Hall–Kier alpha value is -2.40. The van der Waals surface area contributed by atoms with E-state index < -0.39 is 0 Å². The fraction of sp³-hybridized carbons (Fsp3) is 0.478. The van der Waals surface area contributed by atoms with Gasteiger partial charge in [0.05, 0.1) is 34.5 Å². The number of ether oxygens (including phenoxy) is 4. The predicted molar refractivity (Wildman–Crippen MR) is 110 cm³/mol. The largest absolute Gasteiger partial charge is 0.496 e. The summed E-state index contributed by atoms with van der Waals surface area (Å²) in [5, 5.41) is 10.3. The van der Waals surface area contributed by atoms with Gasteiger partial charge in [0.15, 0.2) is 11.5 Å². The maximum Gasteiger partial charge on any atom is 0.204 e. The third kappa shape index (κ3) is 4.04. The van der Waals surface area contributed by atoms with Crippen molar-refractivity contribution in [3.05, 3.63) is 35.4 Å². The zero-order valence-corrected chi connectivity index (χ0v) is 17.2. The third-order valence-corrected chi connectivity index (χ3v) is 5.43. The molecule has 28 heavy (non-hydrogen) atoms. The van der Waals surface area contributed by atoms with Crippen LogP contribution in [0, 0.1) is 0 Å². The van der Waals surface area contributed by atoms with Crippen molar-refractivity contribution in [1.82, 2.24) is 0 Å². The summed E-state index contributed by atoms with van der Waals surface area (Å²) in [7, 11) is 6.59. The summed E-state index contributed by atoms with van der Waals surface area (Å²) in [6.45, 7) is 0. The van der Waals surface area contributed by atoms with Gasteiger partial charge in [0.2, 0.25) is 5.75 Å². The number of aliphatic hydroxyl groups is 1. The van der Waals surface area contributed by atoms with Gasteiger partial charge in [-0.2, -0.15) is 0 Å². The van der Waals surface area contributed by atoms with Crippen molar-refractivity contribution in [2.45, 2.75) is 44.6 Å². The normalized spacial score (nSPS) is 17.0. The first kappa shape index (κ1) is 20.3. The summed E-state index contributed by atoms with van der Waals surface area (Å²) in [5.41, 5.74) is 4.10. The van der Waals surface area contributed by atoms with Gasteiger partial charge < -0.3 is 24.1 Å². The van der Waals surface area contributed by atoms with Crippen molar-refractivity contribution in [2.75, 3.05) is 28.4 Å². The second kappa shape index (κ2) is 9.20. The molecule has 0 spiro atoms. The highest BCUT2D eigenvalue weighted by Gasteiger charge is 2.24. The van der Waals surface area contributed by atoms with Crippen LogP contribution < -0.4 is 18.9 Å². The molecule has 0 saturated heterocycles. The number of aryl methyl sites for hydroxylation is 2. The Bertz CT molecular complexity index is 815. The molecular formula is C23H30O5. The lowest BCUT2D eigenvalue weighted by Crippen LogP contribution is -2.08. The molecule has 5 heteroatoms. The standard InChI is InChI=1S/C23H30O5/c1-25-20-12-10-15-9-11-17(24)8-6-5-7-16-14-19(18(20)13-15)22(27-3)23(28-4)21(16)26-2/h10,12-14,17,24H,5-9,11H2,1-4H3/t17-/m0/s1. The van der Waals surface area contributed by atoms with Gasteiger partial charge in [-0.3, -0.25) is 0 Å². The first-order valence-electron chi connectivity index (χ1n) is 9.80. The number of rotatable bonds is 4. The van der Waals surface area contributed by atoms with E-state index in [9.17, 15) is 5.11 Å². The Balaban J connectivity index is 2.26. The van der Waals surface area contributed by atoms with E-state index in [2.05, 4.69) is 18.2 Å². The molecule has 0 saturated carbocycles. The number of fused-ring (bicyclic) bond motifs is 5. The maximum atomic E-state index is 10.3. The van der Waals surface area contributed by atoms with Crippen LogP contribution in [-0.4, -0.2) is 39.6 Å². The smallest absolute Gasteiger partial charge is 0.204 e. The molecule has 0 amide bonds. The van der Waals surface area contributed by atoms with Crippen molar-refractivity contribution >= 4 is 0 Å². The van der Waals surface area contributed by atoms with E-state index in [1.54, 1.807) is 28.4 Å². The average Bonchev–Trinajstić information content (AvgIpc) is 2.73. The summed E-state index contributed by atoms with van der Waals surface area (Å²) in [5.74, 6) is 2.71. The molecule has 1 atom stereocenters. The lowest BCUT2D eigenvalue weighted by atomic mass is 9.95. The molecule has 0 heterocycles. The van der Waals surface area contributed by atoms with Crippen LogP contribution in [0.1, 0.15) is 36.8 Å². The Kier molecular flexibility index (Phi) is 6.68. The zero-order valence-electron chi connectivity index (χ0n) is 17.2. The molecule has 2 aromatic carbocycles. The third-order valence-electron chi connectivity index (χ3n) is 5.43. The summed E-state index contributed by atoms with van der Waals surface area (Å²) < 4.78 is 22.8. The molecular weight excluding hydrogens is 356 g/mol. The van der Waals surface area contributed by atoms with Crippen LogP contribution in [0.5, 0.6) is 23.0 Å². The summed E-state index contributed by atoms with van der Waals surface area (Å²) in [6.07, 6.45) is 4.89. The molecule has 0 unspecified atom stereocenters. The number of aliphatic hydroxyl groups excluding tert-OH is 1. The molecule has 1 aliphatic rings. The molecule has 0 aliphatic heterocycles. The monoisotopic (exact) mass is 386 g/mol. The van der Waals surface area contributed by atoms with Gasteiger partial charge in [-0.05, 0) is 61.4 Å². The van der Waals surface area contributed by atoms with Crippen molar-refractivity contribution in [1.29, 1.82) is 0 Å². The summed E-state index contributed by atoms with van der Waals surface area (Å²) >= 11 is 0. The van der Waals surface area contributed by atoms with E-state index in [1.165, 1.54) is 0 Å². The van der Waals surface area contributed by atoms with Crippen LogP contribution in [0.4, 0.5) is 0 Å². The van der Waals surface area contributed by atoms with E-state index in [1.807, 2.05) is 6.07 Å². The van der Waals surface area contributed by atoms with Crippen LogP contribution in [0.3, 0.4) is 0 Å². The highest BCUT2D eigenvalue weighted by atomic mass is 16.5. The molecule has 0 radical (unpaired) electrons. The Morgan fingerprint density at radius 3 is 2.18 bits per heavy atom. The zero-order chi connectivity index (χ0) is 20.1. The lowest BCUT2D eigenvalue weighted by molar-refractivity contribution is 0.151. The van der Waals surface area contributed by atoms with Gasteiger partial charge in [-0.1, -0.05) is 12.5 Å². The molecule has 1 aliphatic carbocycles. The first-order chi connectivity index (χ1) is 13.6. The predicted octanol–water partition coefficient (Wildman–Crippen LogP) is 4.41. The summed E-state index contributed by atoms with van der Waals surface area (Å²) in [6, 6.07) is 8.28. The fourth-order valence-corrected chi connectivity index (χ4v) is 3.97. The van der Waals surface area contributed by atoms with Crippen molar-refractivity contribution in [3.8, 4) is 34.1 Å². The average molecular weight is 386 g/mol. The van der Waals surface area contributed by atoms with Crippen LogP contribution in [0.2, 0.25) is 0 Å². The minimum atomic E-state index is -0.277. The van der Waals surface area contributed by atoms with E-state index in [-0.39, 0.29) is 6.10 Å². The highest BCUT2D eigenvalue weighted by molar-refractivity contribution is 5.82. The molecule has 3 rings (SSSR count).